The van der Waals surface area contributed by atoms with E-state index in [2.05, 4.69) is 0 Å². The number of aryl methyl sites for hydroxylation is 1. The van der Waals surface area contributed by atoms with Gasteiger partial charge in [0.25, 0.3) is 11.1 Å². The van der Waals surface area contributed by atoms with E-state index in [1.54, 1.807) is 6.92 Å². The monoisotopic (exact) mass is 287 g/mol. The quantitative estimate of drug-likeness (QED) is 0.806. The van der Waals surface area contributed by atoms with E-state index >= 15 is 0 Å². The average Bonchev–Trinajstić information content (AvgIpc) is 2.59. The number of benzene rings is 1. The molecule has 19 heavy (non-hydrogen) atoms. The third kappa shape index (κ3) is 2.98. The fourth-order valence-corrected chi connectivity index (χ4v) is 2.21. The normalized spacial score (nSPS) is 18.0. The van der Waals surface area contributed by atoms with Crippen molar-refractivity contribution in [3.63, 3.8) is 0 Å². The van der Waals surface area contributed by atoms with Gasteiger partial charge in [0.15, 0.2) is 0 Å². The van der Waals surface area contributed by atoms with E-state index < -0.39 is 22.9 Å². The van der Waals surface area contributed by atoms with Gasteiger partial charge in [0, 0.05) is 0 Å². The molecule has 0 aromatic heterocycles. The predicted octanol–water partition coefficient (Wildman–Crippen LogP) is 3.34. The Morgan fingerprint density at radius 3 is 2.47 bits per heavy atom. The molecule has 0 unspecified atom stereocenters. The number of nitrogens with one attached hydrogen (secondary N) is 1. The highest BCUT2D eigenvalue weighted by Crippen LogP contribution is 2.32. The molecule has 3 nitrogen and oxygen atoms in total. The summed E-state index contributed by atoms with van der Waals surface area (Å²) < 4.78 is 37.8. The van der Waals surface area contributed by atoms with Crippen LogP contribution in [-0.4, -0.2) is 11.1 Å². The first kappa shape index (κ1) is 13.7. The Labute approximate surface area is 110 Å². The van der Waals surface area contributed by atoms with Gasteiger partial charge < -0.3 is 0 Å². The highest BCUT2D eigenvalue weighted by Gasteiger charge is 2.31. The molecule has 0 saturated carbocycles. The molecular weight excluding hydrogens is 279 g/mol. The summed E-state index contributed by atoms with van der Waals surface area (Å²) in [4.78, 5) is 22.4. The third-order valence-electron chi connectivity index (χ3n) is 2.54. The molecule has 0 bridgehead atoms. The molecule has 1 heterocycles. The Kier molecular flexibility index (Phi) is 3.40. The van der Waals surface area contributed by atoms with Crippen LogP contribution in [-0.2, 0) is 11.0 Å². The maximum absolute atomic E-state index is 12.6. The van der Waals surface area contributed by atoms with Crippen molar-refractivity contribution in [2.24, 2.45) is 0 Å². The number of imide groups is 1. The van der Waals surface area contributed by atoms with Crippen LogP contribution in [0.15, 0.2) is 23.1 Å². The highest BCUT2D eigenvalue weighted by atomic mass is 32.2. The summed E-state index contributed by atoms with van der Waals surface area (Å²) in [5.74, 6) is -0.591. The molecule has 1 saturated heterocycles. The van der Waals surface area contributed by atoms with Crippen molar-refractivity contribution >= 4 is 29.0 Å². The molecule has 1 aromatic carbocycles. The van der Waals surface area contributed by atoms with Gasteiger partial charge >= 0.3 is 6.18 Å². The molecule has 1 aliphatic heterocycles. The van der Waals surface area contributed by atoms with Crippen LogP contribution in [0.25, 0.3) is 6.08 Å². The molecule has 1 aromatic rings. The number of hydrogen-bond acceptors (Lipinski definition) is 3. The Hall–Kier alpha value is -1.76. The molecule has 0 radical (unpaired) electrons. The number of amides is 2. The fourth-order valence-electron chi connectivity index (χ4n) is 1.53. The van der Waals surface area contributed by atoms with Gasteiger partial charge in [-0.05, 0) is 48.0 Å². The van der Waals surface area contributed by atoms with Crippen molar-refractivity contribution in [3.05, 3.63) is 39.8 Å². The smallest absolute Gasteiger partial charge is 0.282 e. The van der Waals surface area contributed by atoms with Crippen molar-refractivity contribution in [1.29, 1.82) is 0 Å². The Morgan fingerprint density at radius 1 is 1.26 bits per heavy atom. The minimum Gasteiger partial charge on any atom is -0.282 e. The first-order valence-electron chi connectivity index (χ1n) is 5.20. The second-order valence-electron chi connectivity index (χ2n) is 3.92. The van der Waals surface area contributed by atoms with Crippen molar-refractivity contribution < 1.29 is 22.8 Å². The summed E-state index contributed by atoms with van der Waals surface area (Å²) >= 11 is 0.671. The van der Waals surface area contributed by atoms with Crippen LogP contribution >= 0.6 is 11.8 Å². The van der Waals surface area contributed by atoms with Gasteiger partial charge in [0.1, 0.15) is 0 Å². The van der Waals surface area contributed by atoms with E-state index in [1.807, 2.05) is 5.32 Å². The van der Waals surface area contributed by atoms with Gasteiger partial charge in [0.2, 0.25) is 0 Å². The van der Waals surface area contributed by atoms with E-state index in [0.717, 1.165) is 12.1 Å². The van der Waals surface area contributed by atoms with Crippen molar-refractivity contribution in [2.45, 2.75) is 13.1 Å². The van der Waals surface area contributed by atoms with Crippen LogP contribution in [0, 0.1) is 6.92 Å². The zero-order valence-electron chi connectivity index (χ0n) is 9.67. The minimum atomic E-state index is -4.44. The van der Waals surface area contributed by atoms with Crippen molar-refractivity contribution in [3.8, 4) is 0 Å². The highest BCUT2D eigenvalue weighted by molar-refractivity contribution is 8.18. The number of alkyl halides is 3. The molecule has 1 N–H and O–H groups in total. The van der Waals surface area contributed by atoms with E-state index in [1.165, 1.54) is 12.1 Å². The Balaban J connectivity index is 2.43. The summed E-state index contributed by atoms with van der Waals surface area (Å²) in [6, 6.07) is 3.26. The van der Waals surface area contributed by atoms with E-state index in [0.29, 0.717) is 17.3 Å². The number of rotatable bonds is 1. The second kappa shape index (κ2) is 4.73. The van der Waals surface area contributed by atoms with Gasteiger partial charge in [-0.1, -0.05) is 6.07 Å². The van der Waals surface area contributed by atoms with E-state index in [4.69, 9.17) is 0 Å². The van der Waals surface area contributed by atoms with Crippen LogP contribution in [0.2, 0.25) is 0 Å². The molecule has 100 valence electrons. The standard InChI is InChI=1S/C12H8F3NO2S/c1-6-2-3-8(12(13,14)15)4-7(6)5-9-10(17)16-11(18)19-9/h2-5H,1H3,(H,16,17,18). The van der Waals surface area contributed by atoms with Gasteiger partial charge in [-0.25, -0.2) is 0 Å². The summed E-state index contributed by atoms with van der Waals surface area (Å²) in [5.41, 5.74) is 0.0649. The molecule has 2 rings (SSSR count). The third-order valence-corrected chi connectivity index (χ3v) is 3.35. The van der Waals surface area contributed by atoms with Crippen LogP contribution in [0.1, 0.15) is 16.7 Å². The lowest BCUT2D eigenvalue weighted by molar-refractivity contribution is -0.137. The summed E-state index contributed by atoms with van der Waals surface area (Å²) in [6.45, 7) is 1.63. The van der Waals surface area contributed by atoms with Crippen molar-refractivity contribution in [1.82, 2.24) is 5.32 Å². The van der Waals surface area contributed by atoms with Gasteiger partial charge in [-0.3, -0.25) is 14.9 Å². The number of halogens is 3. The molecule has 0 aliphatic carbocycles. The fraction of sp³-hybridized carbons (Fsp3) is 0.167. The second-order valence-corrected chi connectivity index (χ2v) is 4.94. The number of carbonyl (C=O) groups is 2. The topological polar surface area (TPSA) is 46.2 Å². The summed E-state index contributed by atoms with van der Waals surface area (Å²) in [6.07, 6.45) is -3.16. The average molecular weight is 287 g/mol. The number of hydrogen-bond donors (Lipinski definition) is 1. The zero-order chi connectivity index (χ0) is 14.2. The summed E-state index contributed by atoms with van der Waals surface area (Å²) in [7, 11) is 0. The van der Waals surface area contributed by atoms with Gasteiger partial charge in [0.05, 0.1) is 10.5 Å². The molecule has 0 spiro atoms. The lowest BCUT2D eigenvalue weighted by atomic mass is 10.0. The number of carbonyl (C=O) groups excluding carboxylic acids is 2. The SMILES string of the molecule is Cc1ccc(C(F)(F)F)cc1C=C1SC(=O)NC1=O. The number of thioether (sulfide) groups is 1. The maximum Gasteiger partial charge on any atom is 0.416 e. The molecule has 7 heteroatoms. The van der Waals surface area contributed by atoms with Crippen LogP contribution in [0.5, 0.6) is 0 Å². The summed E-state index contributed by atoms with van der Waals surface area (Å²) in [5, 5.41) is 1.52. The Bertz CT molecular complexity index is 593. The molecule has 2 amide bonds. The largest absolute Gasteiger partial charge is 0.416 e. The van der Waals surface area contributed by atoms with Gasteiger partial charge in [-0.15, -0.1) is 0 Å². The van der Waals surface area contributed by atoms with Gasteiger partial charge in [-0.2, -0.15) is 13.2 Å². The molecule has 1 fully saturated rings. The maximum atomic E-state index is 12.6. The van der Waals surface area contributed by atoms with Crippen molar-refractivity contribution in [2.75, 3.05) is 0 Å². The molecule has 0 atom stereocenters. The lowest BCUT2D eigenvalue weighted by Crippen LogP contribution is -2.17. The Morgan fingerprint density at radius 2 is 1.95 bits per heavy atom. The minimum absolute atomic E-state index is 0.0902. The zero-order valence-corrected chi connectivity index (χ0v) is 10.5. The molecular formula is C12H8F3NO2S. The first-order chi connectivity index (χ1) is 8.77. The van der Waals surface area contributed by atoms with Crippen LogP contribution in [0.4, 0.5) is 18.0 Å². The lowest BCUT2D eigenvalue weighted by Gasteiger charge is -2.09. The molecule has 1 aliphatic rings. The predicted molar refractivity (Wildman–Crippen MR) is 65.3 cm³/mol. The van der Waals surface area contributed by atoms with Crippen LogP contribution < -0.4 is 5.32 Å². The van der Waals surface area contributed by atoms with E-state index in [9.17, 15) is 22.8 Å². The first-order valence-corrected chi connectivity index (χ1v) is 6.02. The van der Waals surface area contributed by atoms with E-state index in [-0.39, 0.29) is 10.5 Å². The van der Waals surface area contributed by atoms with Crippen LogP contribution in [0.3, 0.4) is 0 Å².